The molecular formula is C17H13N5O3. The summed E-state index contributed by atoms with van der Waals surface area (Å²) in [6.45, 7) is 0.217. The van der Waals surface area contributed by atoms with Crippen molar-refractivity contribution in [3.8, 4) is 23.1 Å². The van der Waals surface area contributed by atoms with E-state index in [2.05, 4.69) is 20.2 Å². The van der Waals surface area contributed by atoms with Gasteiger partial charge in [0.15, 0.2) is 0 Å². The third kappa shape index (κ3) is 3.61. The van der Waals surface area contributed by atoms with E-state index < -0.39 is 5.56 Å². The van der Waals surface area contributed by atoms with Gasteiger partial charge in [0.2, 0.25) is 5.95 Å². The quantitative estimate of drug-likeness (QED) is 0.719. The Morgan fingerprint density at radius 2 is 2.12 bits per heavy atom. The van der Waals surface area contributed by atoms with E-state index in [1.54, 1.807) is 43.5 Å². The van der Waals surface area contributed by atoms with Crippen LogP contribution in [0.5, 0.6) is 5.75 Å². The molecule has 8 nitrogen and oxygen atoms in total. The maximum absolute atomic E-state index is 12.1. The van der Waals surface area contributed by atoms with Crippen molar-refractivity contribution in [2.75, 3.05) is 7.11 Å². The number of nitriles is 1. The molecule has 0 amide bonds. The summed E-state index contributed by atoms with van der Waals surface area (Å²) in [7, 11) is 1.55. The maximum Gasteiger partial charge on any atom is 0.270 e. The fourth-order valence-electron chi connectivity index (χ4n) is 2.14. The van der Waals surface area contributed by atoms with Crippen molar-refractivity contribution in [3.63, 3.8) is 0 Å². The highest BCUT2D eigenvalue weighted by atomic mass is 16.5. The summed E-state index contributed by atoms with van der Waals surface area (Å²) < 4.78 is 10.2. The fourth-order valence-corrected chi connectivity index (χ4v) is 2.14. The molecule has 0 fully saturated rings. The van der Waals surface area contributed by atoms with Gasteiger partial charge in [-0.05, 0) is 36.4 Å². The number of aromatic amines is 1. The lowest BCUT2D eigenvalue weighted by Gasteiger charge is -2.05. The second kappa shape index (κ2) is 7.23. The SMILES string of the molecule is COc1ccc(-c2nc(N=NCc3ccco3)[nH]c(=O)c2C#N)cc1. The Hall–Kier alpha value is -3.73. The molecule has 2 aromatic heterocycles. The highest BCUT2D eigenvalue weighted by molar-refractivity contribution is 5.67. The summed E-state index contributed by atoms with van der Waals surface area (Å²) >= 11 is 0. The molecule has 0 aliphatic rings. The molecule has 0 saturated carbocycles. The monoisotopic (exact) mass is 335 g/mol. The summed E-state index contributed by atoms with van der Waals surface area (Å²) in [5.74, 6) is 1.31. The second-order valence-corrected chi connectivity index (χ2v) is 4.93. The molecule has 0 aliphatic heterocycles. The average Bonchev–Trinajstić information content (AvgIpc) is 3.15. The molecule has 0 saturated heterocycles. The van der Waals surface area contributed by atoms with Gasteiger partial charge in [-0.2, -0.15) is 10.4 Å². The molecule has 1 N–H and O–H groups in total. The van der Waals surface area contributed by atoms with Gasteiger partial charge < -0.3 is 9.15 Å². The molecule has 0 spiro atoms. The molecule has 0 radical (unpaired) electrons. The number of rotatable bonds is 5. The molecule has 3 aromatic rings. The van der Waals surface area contributed by atoms with Crippen LogP contribution in [0.2, 0.25) is 0 Å². The van der Waals surface area contributed by atoms with E-state index >= 15 is 0 Å². The van der Waals surface area contributed by atoms with Crippen LogP contribution in [0.25, 0.3) is 11.3 Å². The number of benzene rings is 1. The van der Waals surface area contributed by atoms with Crippen LogP contribution in [0.3, 0.4) is 0 Å². The average molecular weight is 335 g/mol. The van der Waals surface area contributed by atoms with Crippen molar-refractivity contribution in [1.29, 1.82) is 5.26 Å². The number of nitrogens with one attached hydrogen (secondary N) is 1. The first-order valence-electron chi connectivity index (χ1n) is 7.30. The van der Waals surface area contributed by atoms with Gasteiger partial charge in [0.05, 0.1) is 19.1 Å². The van der Waals surface area contributed by atoms with Crippen LogP contribution in [0, 0.1) is 11.3 Å². The zero-order valence-electron chi connectivity index (χ0n) is 13.3. The van der Waals surface area contributed by atoms with E-state index in [1.807, 2.05) is 6.07 Å². The molecule has 2 heterocycles. The molecule has 8 heteroatoms. The van der Waals surface area contributed by atoms with Crippen LogP contribution in [0.1, 0.15) is 11.3 Å². The second-order valence-electron chi connectivity index (χ2n) is 4.93. The Morgan fingerprint density at radius 1 is 1.32 bits per heavy atom. The Kier molecular flexibility index (Phi) is 4.67. The first kappa shape index (κ1) is 16.1. The van der Waals surface area contributed by atoms with E-state index in [9.17, 15) is 10.1 Å². The van der Waals surface area contributed by atoms with Crippen molar-refractivity contribution >= 4 is 5.95 Å². The van der Waals surface area contributed by atoms with Crippen molar-refractivity contribution in [2.24, 2.45) is 10.2 Å². The lowest BCUT2D eigenvalue weighted by atomic mass is 10.1. The molecule has 0 bridgehead atoms. The highest BCUT2D eigenvalue weighted by Gasteiger charge is 2.13. The number of methoxy groups -OCH3 is 1. The summed E-state index contributed by atoms with van der Waals surface area (Å²) in [4.78, 5) is 18.8. The van der Waals surface area contributed by atoms with Gasteiger partial charge in [-0.3, -0.25) is 9.78 Å². The van der Waals surface area contributed by atoms with Gasteiger partial charge >= 0.3 is 0 Å². The molecule has 3 rings (SSSR count). The maximum atomic E-state index is 12.1. The minimum Gasteiger partial charge on any atom is -0.497 e. The van der Waals surface area contributed by atoms with Crippen LogP contribution < -0.4 is 10.3 Å². The Bertz CT molecular complexity index is 983. The van der Waals surface area contributed by atoms with Gasteiger partial charge in [-0.15, -0.1) is 5.11 Å². The third-order valence-electron chi connectivity index (χ3n) is 3.35. The number of furan rings is 1. The van der Waals surface area contributed by atoms with Gasteiger partial charge in [-0.1, -0.05) is 0 Å². The molecular weight excluding hydrogens is 322 g/mol. The van der Waals surface area contributed by atoms with E-state index in [-0.39, 0.29) is 23.8 Å². The number of hydrogen-bond acceptors (Lipinski definition) is 7. The van der Waals surface area contributed by atoms with Gasteiger partial charge in [-0.25, -0.2) is 4.98 Å². The first-order chi connectivity index (χ1) is 12.2. The number of hydrogen-bond donors (Lipinski definition) is 1. The van der Waals surface area contributed by atoms with Gasteiger partial charge in [0.1, 0.15) is 29.7 Å². The largest absolute Gasteiger partial charge is 0.497 e. The summed E-state index contributed by atoms with van der Waals surface area (Å²) in [6.07, 6.45) is 1.54. The molecule has 124 valence electrons. The molecule has 0 atom stereocenters. The number of nitrogens with zero attached hydrogens (tertiary/aromatic N) is 4. The topological polar surface area (TPSA) is 117 Å². The Morgan fingerprint density at radius 3 is 2.76 bits per heavy atom. The Balaban J connectivity index is 1.96. The van der Waals surface area contributed by atoms with Crippen molar-refractivity contribution < 1.29 is 9.15 Å². The van der Waals surface area contributed by atoms with Crippen molar-refractivity contribution in [1.82, 2.24) is 9.97 Å². The smallest absolute Gasteiger partial charge is 0.270 e. The lowest BCUT2D eigenvalue weighted by Crippen LogP contribution is -2.13. The van der Waals surface area contributed by atoms with Gasteiger partial charge in [0.25, 0.3) is 5.56 Å². The van der Waals surface area contributed by atoms with Gasteiger partial charge in [0, 0.05) is 5.56 Å². The normalized spacial score (nSPS) is 10.7. The van der Waals surface area contributed by atoms with Crippen molar-refractivity contribution in [3.05, 3.63) is 64.3 Å². The van der Waals surface area contributed by atoms with E-state index in [1.165, 1.54) is 6.26 Å². The molecule has 0 aliphatic carbocycles. The van der Waals surface area contributed by atoms with E-state index in [4.69, 9.17) is 9.15 Å². The predicted molar refractivity (Wildman–Crippen MR) is 88.5 cm³/mol. The van der Waals surface area contributed by atoms with Crippen LogP contribution in [0.15, 0.2) is 62.1 Å². The van der Waals surface area contributed by atoms with Crippen LogP contribution in [0.4, 0.5) is 5.95 Å². The standard InChI is InChI=1S/C17H13N5O3/c1-24-12-6-4-11(5-7-12)15-14(9-18)16(23)21-17(20-15)22-19-10-13-3-2-8-25-13/h2-8H,10H2,1H3,(H,20,21,23). The lowest BCUT2D eigenvalue weighted by molar-refractivity contribution is 0.415. The van der Waals surface area contributed by atoms with Crippen LogP contribution >= 0.6 is 0 Å². The summed E-state index contributed by atoms with van der Waals surface area (Å²) in [6, 6.07) is 12.2. The van der Waals surface area contributed by atoms with Crippen LogP contribution in [-0.4, -0.2) is 17.1 Å². The number of ether oxygens (including phenoxy) is 1. The third-order valence-corrected chi connectivity index (χ3v) is 3.35. The fraction of sp³-hybridized carbons (Fsp3) is 0.118. The zero-order valence-corrected chi connectivity index (χ0v) is 13.3. The minimum atomic E-state index is -0.574. The predicted octanol–water partition coefficient (Wildman–Crippen LogP) is 3.19. The molecule has 1 aromatic carbocycles. The Labute approximate surface area is 142 Å². The van der Waals surface area contributed by atoms with Crippen LogP contribution in [-0.2, 0) is 6.54 Å². The molecule has 0 unspecified atom stereocenters. The molecule has 25 heavy (non-hydrogen) atoms. The summed E-state index contributed by atoms with van der Waals surface area (Å²) in [5.41, 5.74) is 0.178. The van der Waals surface area contributed by atoms with E-state index in [0.29, 0.717) is 17.1 Å². The van der Waals surface area contributed by atoms with E-state index in [0.717, 1.165) is 0 Å². The minimum absolute atomic E-state index is 0.0152. The number of H-pyrrole nitrogens is 1. The van der Waals surface area contributed by atoms with Crippen molar-refractivity contribution in [2.45, 2.75) is 6.54 Å². The zero-order chi connectivity index (χ0) is 17.6. The summed E-state index contributed by atoms with van der Waals surface area (Å²) in [5, 5.41) is 17.1. The first-order valence-corrected chi connectivity index (χ1v) is 7.30. The number of azo groups is 1. The number of aromatic nitrogens is 2. The highest BCUT2D eigenvalue weighted by Crippen LogP contribution is 2.23.